The summed E-state index contributed by atoms with van der Waals surface area (Å²) >= 11 is 0. The number of carbonyl (C=O) groups excluding carboxylic acids is 1. The number of rotatable bonds is 6. The van der Waals surface area contributed by atoms with E-state index in [0.717, 1.165) is 5.56 Å². The summed E-state index contributed by atoms with van der Waals surface area (Å²) in [5.41, 5.74) is 1.93. The highest BCUT2D eigenvalue weighted by Gasteiger charge is 2.16. The first-order valence-corrected chi connectivity index (χ1v) is 7.35. The van der Waals surface area contributed by atoms with Crippen molar-refractivity contribution in [3.63, 3.8) is 0 Å². The van der Waals surface area contributed by atoms with E-state index in [1.54, 1.807) is 14.0 Å². The van der Waals surface area contributed by atoms with Crippen LogP contribution >= 0.6 is 0 Å². The fraction of sp³-hybridized carbons (Fsp3) is 0.294. The molecule has 0 radical (unpaired) electrons. The zero-order valence-corrected chi connectivity index (χ0v) is 13.2. The number of hydrogen-bond acceptors (Lipinski definition) is 4. The van der Waals surface area contributed by atoms with Crippen LogP contribution in [0.4, 0.5) is 0 Å². The Labute approximate surface area is 134 Å². The number of aryl methyl sites for hydroxylation is 1. The van der Waals surface area contributed by atoms with Crippen molar-refractivity contribution >= 4 is 11.9 Å². The summed E-state index contributed by atoms with van der Waals surface area (Å²) in [5.74, 6) is -0.488. The van der Waals surface area contributed by atoms with Crippen molar-refractivity contribution in [1.29, 1.82) is 0 Å². The lowest BCUT2D eigenvalue weighted by Crippen LogP contribution is -2.29. The molecule has 1 aromatic carbocycles. The molecule has 1 heterocycles. The third-order valence-corrected chi connectivity index (χ3v) is 3.47. The van der Waals surface area contributed by atoms with Gasteiger partial charge >= 0.3 is 5.97 Å². The summed E-state index contributed by atoms with van der Waals surface area (Å²) in [4.78, 5) is 33.1. The Morgan fingerprint density at radius 3 is 2.52 bits per heavy atom. The molecule has 1 aromatic heterocycles. The van der Waals surface area contributed by atoms with Crippen LogP contribution in [0.2, 0.25) is 0 Å². The quantitative estimate of drug-likeness (QED) is 0.885. The molecule has 0 saturated heterocycles. The van der Waals surface area contributed by atoms with Gasteiger partial charge in [-0.25, -0.2) is 9.97 Å². The summed E-state index contributed by atoms with van der Waals surface area (Å²) in [5, 5.41) is 8.64. The van der Waals surface area contributed by atoms with Crippen LogP contribution in [0, 0.1) is 6.92 Å². The highest BCUT2D eigenvalue weighted by molar-refractivity contribution is 5.94. The number of aliphatic carboxylic acids is 1. The molecule has 120 valence electrons. The van der Waals surface area contributed by atoms with E-state index in [9.17, 15) is 9.59 Å². The highest BCUT2D eigenvalue weighted by atomic mass is 16.4. The lowest BCUT2D eigenvalue weighted by atomic mass is 10.1. The van der Waals surface area contributed by atoms with Gasteiger partial charge in [-0.15, -0.1) is 0 Å². The number of nitrogens with zero attached hydrogens (tertiary/aromatic N) is 3. The largest absolute Gasteiger partial charge is 0.481 e. The minimum absolute atomic E-state index is 0.0417. The highest BCUT2D eigenvalue weighted by Crippen LogP contribution is 2.16. The molecular weight excluding hydrogens is 294 g/mol. The average molecular weight is 313 g/mol. The minimum Gasteiger partial charge on any atom is -0.481 e. The second-order valence-electron chi connectivity index (χ2n) is 5.28. The molecule has 0 atom stereocenters. The van der Waals surface area contributed by atoms with E-state index in [1.165, 1.54) is 11.1 Å². The van der Waals surface area contributed by atoms with Crippen LogP contribution in [0.3, 0.4) is 0 Å². The first-order valence-electron chi connectivity index (χ1n) is 7.35. The van der Waals surface area contributed by atoms with Crippen molar-refractivity contribution in [3.05, 3.63) is 47.8 Å². The van der Waals surface area contributed by atoms with Gasteiger partial charge in [0.1, 0.15) is 0 Å². The molecule has 2 rings (SSSR count). The second kappa shape index (κ2) is 7.49. The molecule has 0 fully saturated rings. The molecule has 23 heavy (non-hydrogen) atoms. The molecular formula is C17H19N3O3. The molecule has 6 heteroatoms. The van der Waals surface area contributed by atoms with E-state index < -0.39 is 5.97 Å². The summed E-state index contributed by atoms with van der Waals surface area (Å²) in [6.07, 6.45) is 1.99. The van der Waals surface area contributed by atoms with Gasteiger partial charge in [-0.1, -0.05) is 30.3 Å². The Balaban J connectivity index is 2.11. The molecule has 0 aliphatic heterocycles. The summed E-state index contributed by atoms with van der Waals surface area (Å²) < 4.78 is 0. The van der Waals surface area contributed by atoms with E-state index in [2.05, 4.69) is 9.97 Å². The molecule has 6 nitrogen and oxygen atoms in total. The number of carboxylic acid groups (broad SMARTS) is 1. The summed E-state index contributed by atoms with van der Waals surface area (Å²) in [6.45, 7) is 2.15. The number of carboxylic acids is 1. The van der Waals surface area contributed by atoms with Gasteiger partial charge < -0.3 is 10.0 Å². The number of aromatic nitrogens is 2. The SMILES string of the molecule is Cc1nc(-c2ccccc2)ncc1C(=O)N(C)CCCC(=O)O. The Bertz CT molecular complexity index is 701. The van der Waals surface area contributed by atoms with E-state index in [1.807, 2.05) is 30.3 Å². The van der Waals surface area contributed by atoms with E-state index >= 15 is 0 Å². The van der Waals surface area contributed by atoms with Crippen molar-refractivity contribution in [2.24, 2.45) is 0 Å². The Morgan fingerprint density at radius 2 is 1.91 bits per heavy atom. The summed E-state index contributed by atoms with van der Waals surface area (Å²) in [7, 11) is 1.65. The fourth-order valence-corrected chi connectivity index (χ4v) is 2.18. The third kappa shape index (κ3) is 4.35. The van der Waals surface area contributed by atoms with Gasteiger partial charge in [0, 0.05) is 31.8 Å². The van der Waals surface area contributed by atoms with Gasteiger partial charge in [-0.05, 0) is 13.3 Å². The monoisotopic (exact) mass is 313 g/mol. The van der Waals surface area contributed by atoms with Gasteiger partial charge in [0.15, 0.2) is 5.82 Å². The molecule has 0 unspecified atom stereocenters. The molecule has 2 aromatic rings. The van der Waals surface area contributed by atoms with Crippen molar-refractivity contribution in [3.8, 4) is 11.4 Å². The average Bonchev–Trinajstić information content (AvgIpc) is 2.54. The number of benzene rings is 1. The number of amides is 1. The van der Waals surface area contributed by atoms with Gasteiger partial charge in [-0.3, -0.25) is 9.59 Å². The van der Waals surface area contributed by atoms with Crippen molar-refractivity contribution in [2.45, 2.75) is 19.8 Å². The first kappa shape index (κ1) is 16.6. The van der Waals surface area contributed by atoms with Crippen LogP contribution in [-0.2, 0) is 4.79 Å². The topological polar surface area (TPSA) is 83.4 Å². The predicted octanol–water partition coefficient (Wildman–Crippen LogP) is 2.39. The Morgan fingerprint density at radius 1 is 1.22 bits per heavy atom. The zero-order valence-electron chi connectivity index (χ0n) is 13.2. The van der Waals surface area contributed by atoms with Crippen molar-refractivity contribution in [2.75, 3.05) is 13.6 Å². The fourth-order valence-electron chi connectivity index (χ4n) is 2.18. The molecule has 0 aliphatic rings. The molecule has 0 bridgehead atoms. The molecule has 0 spiro atoms. The van der Waals surface area contributed by atoms with Gasteiger partial charge in [-0.2, -0.15) is 0 Å². The van der Waals surface area contributed by atoms with Crippen LogP contribution in [0.1, 0.15) is 28.9 Å². The van der Waals surface area contributed by atoms with Crippen LogP contribution in [0.25, 0.3) is 11.4 Å². The first-order chi connectivity index (χ1) is 11.0. The molecule has 0 saturated carbocycles. The lowest BCUT2D eigenvalue weighted by molar-refractivity contribution is -0.137. The normalized spacial score (nSPS) is 10.3. The van der Waals surface area contributed by atoms with Gasteiger partial charge in [0.2, 0.25) is 0 Å². The van der Waals surface area contributed by atoms with Gasteiger partial charge in [0.25, 0.3) is 5.91 Å². The standard InChI is InChI=1S/C17H19N3O3/c1-12-14(17(23)20(2)10-6-9-15(21)22)11-18-16(19-12)13-7-4-3-5-8-13/h3-5,7-8,11H,6,9-10H2,1-2H3,(H,21,22). The summed E-state index contributed by atoms with van der Waals surface area (Å²) in [6, 6.07) is 9.55. The van der Waals surface area contributed by atoms with E-state index in [0.29, 0.717) is 30.0 Å². The second-order valence-corrected chi connectivity index (χ2v) is 5.28. The Hall–Kier alpha value is -2.76. The smallest absolute Gasteiger partial charge is 0.303 e. The van der Waals surface area contributed by atoms with Crippen LogP contribution in [-0.4, -0.2) is 45.4 Å². The maximum Gasteiger partial charge on any atom is 0.303 e. The van der Waals surface area contributed by atoms with Crippen LogP contribution in [0.15, 0.2) is 36.5 Å². The lowest BCUT2D eigenvalue weighted by Gasteiger charge is -2.17. The van der Waals surface area contributed by atoms with E-state index in [4.69, 9.17) is 5.11 Å². The molecule has 1 amide bonds. The minimum atomic E-state index is -0.863. The zero-order chi connectivity index (χ0) is 16.8. The van der Waals surface area contributed by atoms with Crippen molar-refractivity contribution < 1.29 is 14.7 Å². The molecule has 0 aliphatic carbocycles. The van der Waals surface area contributed by atoms with Crippen LogP contribution in [0.5, 0.6) is 0 Å². The van der Waals surface area contributed by atoms with E-state index in [-0.39, 0.29) is 12.3 Å². The van der Waals surface area contributed by atoms with Crippen molar-refractivity contribution in [1.82, 2.24) is 14.9 Å². The number of carbonyl (C=O) groups is 2. The molecule has 1 N–H and O–H groups in total. The third-order valence-electron chi connectivity index (χ3n) is 3.47. The van der Waals surface area contributed by atoms with Gasteiger partial charge in [0.05, 0.1) is 11.3 Å². The Kier molecular flexibility index (Phi) is 5.41. The number of hydrogen-bond donors (Lipinski definition) is 1. The maximum atomic E-state index is 12.4. The van der Waals surface area contributed by atoms with Crippen LogP contribution < -0.4 is 0 Å². The predicted molar refractivity (Wildman–Crippen MR) is 86.0 cm³/mol. The maximum absolute atomic E-state index is 12.4.